The van der Waals surface area contributed by atoms with Crippen molar-refractivity contribution in [2.75, 3.05) is 0 Å². The standard InChI is InChI=1S/C16H20O9/c1-6-7-12-13(21-8(2)17)14(22-9(3)18)15(23-10(4)19)16(25-12)24-11(5)20/h7,12-16H,1H2,2-5H3/t12-,13+,14+,15-,16?/m0/s1. The van der Waals surface area contributed by atoms with Crippen LogP contribution in [0.2, 0.25) is 0 Å². The monoisotopic (exact) mass is 356 g/mol. The van der Waals surface area contributed by atoms with Crippen LogP contribution in [0.3, 0.4) is 0 Å². The van der Waals surface area contributed by atoms with Crippen molar-refractivity contribution in [3.63, 3.8) is 0 Å². The van der Waals surface area contributed by atoms with Crippen molar-refractivity contribution in [3.05, 3.63) is 18.4 Å². The molecule has 0 aromatic carbocycles. The molecule has 1 heterocycles. The van der Waals surface area contributed by atoms with Crippen LogP contribution in [0.4, 0.5) is 0 Å². The molecule has 9 heteroatoms. The van der Waals surface area contributed by atoms with Crippen molar-refractivity contribution < 1.29 is 42.9 Å². The summed E-state index contributed by atoms with van der Waals surface area (Å²) in [5, 5.41) is 0. The van der Waals surface area contributed by atoms with Gasteiger partial charge in [-0.25, -0.2) is 0 Å². The summed E-state index contributed by atoms with van der Waals surface area (Å²) in [6.07, 6.45) is -4.83. The van der Waals surface area contributed by atoms with E-state index in [0.717, 1.165) is 27.7 Å². The molecule has 0 spiro atoms. The second-order valence-corrected chi connectivity index (χ2v) is 5.17. The third-order valence-electron chi connectivity index (χ3n) is 3.00. The SMILES string of the molecule is C=C=C[C@@H]1OC(OC(C)=O)[C@@H](OC(C)=O)[C@H](OC(C)=O)[C@@H]1OC(C)=O. The highest BCUT2D eigenvalue weighted by molar-refractivity contribution is 5.69. The first kappa shape index (κ1) is 20.4. The van der Waals surface area contributed by atoms with Crippen molar-refractivity contribution >= 4 is 23.9 Å². The van der Waals surface area contributed by atoms with Crippen molar-refractivity contribution in [2.24, 2.45) is 0 Å². The molecule has 1 rings (SSSR count). The van der Waals surface area contributed by atoms with Crippen LogP contribution in [0.15, 0.2) is 18.4 Å². The fourth-order valence-corrected chi connectivity index (χ4v) is 2.31. The molecule has 0 aliphatic carbocycles. The molecule has 5 atom stereocenters. The Labute approximate surface area is 144 Å². The zero-order valence-corrected chi connectivity index (χ0v) is 14.3. The highest BCUT2D eigenvalue weighted by Gasteiger charge is 2.52. The lowest BCUT2D eigenvalue weighted by Gasteiger charge is -2.42. The topological polar surface area (TPSA) is 114 Å². The minimum Gasteiger partial charge on any atom is -0.455 e. The van der Waals surface area contributed by atoms with Crippen LogP contribution in [0.25, 0.3) is 0 Å². The fourth-order valence-electron chi connectivity index (χ4n) is 2.31. The van der Waals surface area contributed by atoms with E-state index in [-0.39, 0.29) is 0 Å². The summed E-state index contributed by atoms with van der Waals surface area (Å²) in [5.41, 5.74) is 2.46. The Bertz CT molecular complexity index is 590. The lowest BCUT2D eigenvalue weighted by Crippen LogP contribution is -2.61. The van der Waals surface area contributed by atoms with Gasteiger partial charge in [0.1, 0.15) is 6.10 Å². The molecule has 0 aromatic rings. The van der Waals surface area contributed by atoms with Gasteiger partial charge < -0.3 is 23.7 Å². The Balaban J connectivity index is 3.33. The van der Waals surface area contributed by atoms with Crippen LogP contribution in [0.1, 0.15) is 27.7 Å². The molecular weight excluding hydrogens is 336 g/mol. The van der Waals surface area contributed by atoms with Crippen LogP contribution < -0.4 is 0 Å². The van der Waals surface area contributed by atoms with Crippen molar-refractivity contribution in [1.82, 2.24) is 0 Å². The number of hydrogen-bond donors (Lipinski definition) is 0. The summed E-state index contributed by atoms with van der Waals surface area (Å²) in [6, 6.07) is 0. The fraction of sp³-hybridized carbons (Fsp3) is 0.562. The van der Waals surface area contributed by atoms with E-state index in [0.29, 0.717) is 0 Å². The van der Waals surface area contributed by atoms with Gasteiger partial charge in [-0.1, -0.05) is 6.58 Å². The molecule has 0 aromatic heterocycles. The number of esters is 4. The molecular formula is C16H20O9. The lowest BCUT2D eigenvalue weighted by atomic mass is 9.97. The van der Waals surface area contributed by atoms with E-state index in [2.05, 4.69) is 12.3 Å². The van der Waals surface area contributed by atoms with E-state index in [1.807, 2.05) is 0 Å². The predicted octanol–water partition coefficient (Wildman–Crippen LogP) is 0.411. The number of ether oxygens (including phenoxy) is 5. The third-order valence-corrected chi connectivity index (χ3v) is 3.00. The van der Waals surface area contributed by atoms with Gasteiger partial charge in [0.2, 0.25) is 12.4 Å². The average Bonchev–Trinajstić information content (AvgIpc) is 2.45. The van der Waals surface area contributed by atoms with Gasteiger partial charge >= 0.3 is 23.9 Å². The summed E-state index contributed by atoms with van der Waals surface area (Å²) in [5.74, 6) is -2.84. The number of hydrogen-bond acceptors (Lipinski definition) is 9. The molecule has 0 N–H and O–H groups in total. The maximum Gasteiger partial charge on any atom is 0.305 e. The molecule has 1 fully saturated rings. The van der Waals surface area contributed by atoms with Gasteiger partial charge in [-0.05, 0) is 6.08 Å². The van der Waals surface area contributed by atoms with Crippen LogP contribution in [-0.2, 0) is 42.9 Å². The number of carbonyl (C=O) groups excluding carboxylic acids is 4. The van der Waals surface area contributed by atoms with Crippen LogP contribution in [0, 0.1) is 0 Å². The van der Waals surface area contributed by atoms with Gasteiger partial charge in [-0.15, -0.1) is 5.73 Å². The van der Waals surface area contributed by atoms with Gasteiger partial charge in [0.15, 0.2) is 12.2 Å². The second-order valence-electron chi connectivity index (χ2n) is 5.17. The van der Waals surface area contributed by atoms with Crippen LogP contribution in [-0.4, -0.2) is 54.6 Å². The molecule has 0 amide bonds. The normalized spacial score (nSPS) is 28.1. The Morgan fingerprint density at radius 2 is 1.24 bits per heavy atom. The van der Waals surface area contributed by atoms with E-state index in [1.165, 1.54) is 6.08 Å². The Morgan fingerprint density at radius 1 is 0.800 bits per heavy atom. The summed E-state index contributed by atoms with van der Waals surface area (Å²) >= 11 is 0. The van der Waals surface area contributed by atoms with Gasteiger partial charge in [0, 0.05) is 27.7 Å². The lowest BCUT2D eigenvalue weighted by molar-refractivity contribution is -0.287. The molecule has 1 aliphatic rings. The first-order chi connectivity index (χ1) is 11.6. The zero-order valence-electron chi connectivity index (χ0n) is 14.3. The first-order valence-corrected chi connectivity index (χ1v) is 7.36. The van der Waals surface area contributed by atoms with Crippen molar-refractivity contribution in [2.45, 2.75) is 58.4 Å². The maximum atomic E-state index is 11.5. The summed E-state index contributed by atoms with van der Waals surface area (Å²) < 4.78 is 26.0. The number of rotatable bonds is 5. The molecule has 1 saturated heterocycles. The summed E-state index contributed by atoms with van der Waals surface area (Å²) in [4.78, 5) is 45.6. The first-order valence-electron chi connectivity index (χ1n) is 7.36. The second kappa shape index (κ2) is 9.00. The Hall–Kier alpha value is -2.64. The zero-order chi connectivity index (χ0) is 19.1. The Kier molecular flexibility index (Phi) is 7.35. The maximum absolute atomic E-state index is 11.5. The van der Waals surface area contributed by atoms with E-state index in [9.17, 15) is 19.2 Å². The smallest absolute Gasteiger partial charge is 0.305 e. The molecule has 0 radical (unpaired) electrons. The van der Waals surface area contributed by atoms with E-state index < -0.39 is 54.6 Å². The molecule has 0 bridgehead atoms. The van der Waals surface area contributed by atoms with Gasteiger partial charge in [-0.2, -0.15) is 0 Å². The van der Waals surface area contributed by atoms with Gasteiger partial charge in [-0.3, -0.25) is 19.2 Å². The summed E-state index contributed by atoms with van der Waals surface area (Å²) in [7, 11) is 0. The highest BCUT2D eigenvalue weighted by Crippen LogP contribution is 2.30. The minimum atomic E-state index is -1.38. The minimum absolute atomic E-state index is 0.680. The highest BCUT2D eigenvalue weighted by atomic mass is 16.7. The van der Waals surface area contributed by atoms with E-state index in [1.54, 1.807) is 0 Å². The van der Waals surface area contributed by atoms with Crippen LogP contribution in [0.5, 0.6) is 0 Å². The summed E-state index contributed by atoms with van der Waals surface area (Å²) in [6.45, 7) is 7.93. The molecule has 25 heavy (non-hydrogen) atoms. The van der Waals surface area contributed by atoms with Gasteiger partial charge in [0.05, 0.1) is 0 Å². The third kappa shape index (κ3) is 6.06. The largest absolute Gasteiger partial charge is 0.455 e. The number of carbonyl (C=O) groups is 4. The molecule has 1 unspecified atom stereocenters. The van der Waals surface area contributed by atoms with Crippen molar-refractivity contribution in [1.29, 1.82) is 0 Å². The molecule has 1 aliphatic heterocycles. The molecule has 0 saturated carbocycles. The van der Waals surface area contributed by atoms with E-state index >= 15 is 0 Å². The van der Waals surface area contributed by atoms with Gasteiger partial charge in [0.25, 0.3) is 0 Å². The quantitative estimate of drug-likeness (QED) is 0.392. The average molecular weight is 356 g/mol. The Morgan fingerprint density at radius 3 is 1.68 bits per heavy atom. The molecule has 9 nitrogen and oxygen atoms in total. The predicted molar refractivity (Wildman–Crippen MR) is 80.8 cm³/mol. The van der Waals surface area contributed by atoms with Crippen LogP contribution >= 0.6 is 0 Å². The molecule has 138 valence electrons. The van der Waals surface area contributed by atoms with E-state index in [4.69, 9.17) is 23.7 Å². The van der Waals surface area contributed by atoms with Crippen molar-refractivity contribution in [3.8, 4) is 0 Å².